The Morgan fingerprint density at radius 2 is 1.97 bits per heavy atom. The van der Waals surface area contributed by atoms with Gasteiger partial charge in [-0.25, -0.2) is 9.37 Å². The number of alkyl halides is 2. The Kier molecular flexibility index (Phi) is 7.09. The van der Waals surface area contributed by atoms with E-state index in [0.29, 0.717) is 11.2 Å². The van der Waals surface area contributed by atoms with Crippen LogP contribution in [0, 0.1) is 18.7 Å². The van der Waals surface area contributed by atoms with Crippen LogP contribution in [0.25, 0.3) is 22.2 Å². The van der Waals surface area contributed by atoms with Gasteiger partial charge >= 0.3 is 6.61 Å². The zero-order valence-corrected chi connectivity index (χ0v) is 21.6. The summed E-state index contributed by atoms with van der Waals surface area (Å²) in [5, 5.41) is 5.11. The minimum absolute atomic E-state index is 0.0830. The molecule has 4 aromatic rings. The molecule has 0 bridgehead atoms. The molecule has 0 aliphatic heterocycles. The lowest BCUT2D eigenvalue weighted by Crippen LogP contribution is -2.29. The van der Waals surface area contributed by atoms with Crippen molar-refractivity contribution >= 4 is 28.5 Å². The number of pyridine rings is 1. The van der Waals surface area contributed by atoms with Crippen molar-refractivity contribution in [2.75, 3.05) is 0 Å². The topological polar surface area (TPSA) is 98.8 Å². The highest BCUT2D eigenvalue weighted by Gasteiger charge is 2.28. The van der Waals surface area contributed by atoms with Gasteiger partial charge in [0.15, 0.2) is 0 Å². The van der Waals surface area contributed by atoms with E-state index in [0.717, 1.165) is 60.0 Å². The number of hydrogen-bond acceptors (Lipinski definition) is 4. The first-order valence-corrected chi connectivity index (χ1v) is 12.8. The number of aromatic amines is 1. The number of carbonyl (C=O) groups excluding carboxylic acids is 1. The number of H-pyrrole nitrogens is 1. The van der Waals surface area contributed by atoms with Gasteiger partial charge in [-0.1, -0.05) is 18.5 Å². The molecule has 0 radical (unpaired) electrons. The van der Waals surface area contributed by atoms with Crippen LogP contribution >= 0.6 is 11.6 Å². The van der Waals surface area contributed by atoms with E-state index in [2.05, 4.69) is 19.8 Å². The van der Waals surface area contributed by atoms with Crippen molar-refractivity contribution in [3.8, 4) is 16.9 Å². The number of halogens is 4. The number of rotatable bonds is 7. The van der Waals surface area contributed by atoms with Crippen molar-refractivity contribution in [3.05, 3.63) is 64.5 Å². The van der Waals surface area contributed by atoms with E-state index in [1.54, 1.807) is 25.5 Å². The van der Waals surface area contributed by atoms with Crippen LogP contribution in [-0.2, 0) is 4.79 Å². The number of aromatic nitrogens is 4. The molecule has 11 heteroatoms. The minimum Gasteiger partial charge on any atom is -0.434 e. The highest BCUT2D eigenvalue weighted by molar-refractivity contribution is 6.31. The first kappa shape index (κ1) is 26.1. The molecule has 0 unspecified atom stereocenters. The third kappa shape index (κ3) is 4.73. The molecule has 0 saturated heterocycles. The maximum Gasteiger partial charge on any atom is 0.387 e. The Bertz CT molecular complexity index is 1490. The van der Waals surface area contributed by atoms with Crippen LogP contribution in [0.1, 0.15) is 61.4 Å². The summed E-state index contributed by atoms with van der Waals surface area (Å²) in [7, 11) is 0. The molecule has 3 N–H and O–H groups in total. The van der Waals surface area contributed by atoms with E-state index in [9.17, 15) is 18.0 Å². The van der Waals surface area contributed by atoms with Crippen LogP contribution in [0.15, 0.2) is 36.8 Å². The largest absolute Gasteiger partial charge is 0.434 e. The Hall–Kier alpha value is -3.53. The molecule has 1 fully saturated rings. The van der Waals surface area contributed by atoms with E-state index >= 15 is 0 Å². The highest BCUT2D eigenvalue weighted by atomic mass is 35.5. The number of carbonyl (C=O) groups is 1. The molecule has 3 aromatic heterocycles. The number of nitrogens with two attached hydrogens (primary N) is 1. The highest BCUT2D eigenvalue weighted by Crippen LogP contribution is 2.42. The maximum atomic E-state index is 14.3. The molecule has 200 valence electrons. The molecular formula is C27H27ClF3N5O2. The summed E-state index contributed by atoms with van der Waals surface area (Å²) < 4.78 is 47.1. The second-order valence-electron chi connectivity index (χ2n) is 9.73. The summed E-state index contributed by atoms with van der Waals surface area (Å²) in [4.78, 5) is 19.2. The Balaban J connectivity index is 1.49. The van der Waals surface area contributed by atoms with Crippen molar-refractivity contribution in [2.45, 2.75) is 58.1 Å². The summed E-state index contributed by atoms with van der Waals surface area (Å²) in [5.74, 6) is -1.81. The fourth-order valence-corrected chi connectivity index (χ4v) is 5.84. The number of nitrogens with one attached hydrogen (secondary N) is 1. The second kappa shape index (κ2) is 10.3. The number of hydrogen-bond donors (Lipinski definition) is 2. The van der Waals surface area contributed by atoms with Crippen molar-refractivity contribution < 1.29 is 22.7 Å². The molecule has 3 heterocycles. The van der Waals surface area contributed by atoms with Gasteiger partial charge in [0.1, 0.15) is 17.2 Å². The average molecular weight is 546 g/mol. The summed E-state index contributed by atoms with van der Waals surface area (Å²) in [6, 6.07) is 4.30. The Morgan fingerprint density at radius 1 is 1.24 bits per heavy atom. The molecule has 1 aromatic carbocycles. The fraction of sp³-hybridized carbons (Fsp3) is 0.370. The molecule has 1 saturated carbocycles. The number of nitrogens with zero attached hydrogens (tertiary/aromatic N) is 3. The third-order valence-electron chi connectivity index (χ3n) is 7.57. The third-order valence-corrected chi connectivity index (χ3v) is 7.96. The lowest BCUT2D eigenvalue weighted by molar-refractivity contribution is -0.122. The quantitative estimate of drug-likeness (QED) is 0.277. The summed E-state index contributed by atoms with van der Waals surface area (Å²) in [6.45, 7) is 0.664. The van der Waals surface area contributed by atoms with E-state index in [4.69, 9.17) is 17.3 Å². The van der Waals surface area contributed by atoms with Gasteiger partial charge in [-0.15, -0.1) is 0 Å². The fourth-order valence-electron chi connectivity index (χ4n) is 5.52. The Labute approximate surface area is 222 Å². The second-order valence-corrected chi connectivity index (χ2v) is 10.1. The van der Waals surface area contributed by atoms with Crippen LogP contribution in [0.5, 0.6) is 5.75 Å². The molecule has 1 aliphatic carbocycles. The van der Waals surface area contributed by atoms with Crippen molar-refractivity contribution in [2.24, 2.45) is 11.7 Å². The maximum absolute atomic E-state index is 14.3. The normalized spacial score (nSPS) is 18.7. The molecule has 0 spiro atoms. The molecule has 7 nitrogen and oxygen atoms in total. The van der Waals surface area contributed by atoms with Gasteiger partial charge in [-0.3, -0.25) is 9.48 Å². The molecule has 1 aliphatic rings. The molecule has 5 rings (SSSR count). The smallest absolute Gasteiger partial charge is 0.387 e. The standard InChI is InChI=1S/C27H27ClF3N5O2/c1-13(23-22(38-27(30)31)8-7-21(29)24(23)28)19-11-34-26-18(19)9-16(10-33-26)20-12-35-36(14(20)2)17-5-3-15(4-6-17)25(32)37/h7-13,15,17,27H,3-6H2,1-2H3,(H2,32,37)(H,33,34)/t13-,15-,17-/m0/s1. The molecule has 1 amide bonds. The van der Waals surface area contributed by atoms with Crippen molar-refractivity contribution in [1.82, 2.24) is 19.7 Å². The van der Waals surface area contributed by atoms with E-state index in [1.165, 1.54) is 0 Å². The van der Waals surface area contributed by atoms with Gasteiger partial charge in [-0.2, -0.15) is 13.9 Å². The molecular weight excluding hydrogens is 519 g/mol. The summed E-state index contributed by atoms with van der Waals surface area (Å²) in [6.07, 6.45) is 8.39. The van der Waals surface area contributed by atoms with E-state index in [1.807, 2.05) is 17.7 Å². The lowest BCUT2D eigenvalue weighted by Gasteiger charge is -2.27. The molecule has 1 atom stereocenters. The van der Waals surface area contributed by atoms with Crippen molar-refractivity contribution in [1.29, 1.82) is 0 Å². The lowest BCUT2D eigenvalue weighted by atomic mass is 9.85. The number of fused-ring (bicyclic) bond motifs is 1. The predicted octanol–water partition coefficient (Wildman–Crippen LogP) is 6.50. The number of amides is 1. The van der Waals surface area contributed by atoms with E-state index < -0.39 is 18.3 Å². The van der Waals surface area contributed by atoms with Gasteiger partial charge in [0.2, 0.25) is 5.91 Å². The van der Waals surface area contributed by atoms with Gasteiger partial charge in [0, 0.05) is 52.0 Å². The SMILES string of the molecule is Cc1c(-c2cnc3[nH]cc([C@H](C)c4c(OC(F)F)ccc(F)c4Cl)c3c2)cnn1[C@H]1CC[C@H](C(N)=O)CC1. The summed E-state index contributed by atoms with van der Waals surface area (Å²) >= 11 is 6.23. The van der Waals surface area contributed by atoms with Crippen LogP contribution in [-0.4, -0.2) is 32.3 Å². The van der Waals surface area contributed by atoms with Crippen LogP contribution in [0.2, 0.25) is 5.02 Å². The van der Waals surface area contributed by atoms with Crippen LogP contribution in [0.3, 0.4) is 0 Å². The zero-order valence-electron chi connectivity index (χ0n) is 20.8. The minimum atomic E-state index is -3.08. The Morgan fingerprint density at radius 3 is 2.66 bits per heavy atom. The van der Waals surface area contributed by atoms with Gasteiger partial charge in [0.05, 0.1) is 17.3 Å². The van der Waals surface area contributed by atoms with Crippen molar-refractivity contribution in [3.63, 3.8) is 0 Å². The van der Waals surface area contributed by atoms with Crippen LogP contribution < -0.4 is 10.5 Å². The average Bonchev–Trinajstić information content (AvgIpc) is 3.49. The number of ether oxygens (including phenoxy) is 1. The summed E-state index contributed by atoms with van der Waals surface area (Å²) in [5.41, 5.74) is 9.61. The van der Waals surface area contributed by atoms with Gasteiger partial charge < -0.3 is 15.5 Å². The monoisotopic (exact) mass is 545 g/mol. The van der Waals surface area contributed by atoms with Gasteiger partial charge in [-0.05, 0) is 56.4 Å². The zero-order chi connectivity index (χ0) is 27.1. The first-order chi connectivity index (χ1) is 18.2. The predicted molar refractivity (Wildman–Crippen MR) is 138 cm³/mol. The van der Waals surface area contributed by atoms with Crippen LogP contribution in [0.4, 0.5) is 13.2 Å². The molecule has 38 heavy (non-hydrogen) atoms. The number of primary amides is 1. The number of benzene rings is 1. The van der Waals surface area contributed by atoms with Gasteiger partial charge in [0.25, 0.3) is 0 Å². The first-order valence-electron chi connectivity index (χ1n) is 12.4. The van der Waals surface area contributed by atoms with E-state index in [-0.39, 0.29) is 34.2 Å².